The molecule has 4 aliphatic rings. The maximum atomic E-state index is 12.9. The van der Waals surface area contributed by atoms with Crippen molar-refractivity contribution in [3.63, 3.8) is 0 Å². The second-order valence-corrected chi connectivity index (χ2v) is 9.20. The molecule has 0 bridgehead atoms. The van der Waals surface area contributed by atoms with E-state index in [1.807, 2.05) is 0 Å². The minimum Gasteiger partial charge on any atom is -0.482 e. The average Bonchev–Trinajstić information content (AvgIpc) is 2.60. The highest BCUT2D eigenvalue weighted by molar-refractivity contribution is 6.21. The number of hydrogen-bond acceptors (Lipinski definition) is 4. The van der Waals surface area contributed by atoms with Crippen molar-refractivity contribution in [2.75, 3.05) is 7.05 Å². The number of allylic oxidation sites excluding steroid dienone is 3. The summed E-state index contributed by atoms with van der Waals surface area (Å²) in [6, 6.07) is 0. The summed E-state index contributed by atoms with van der Waals surface area (Å²) in [4.78, 5) is 25.5. The summed E-state index contributed by atoms with van der Waals surface area (Å²) in [7, 11) is 1.68. The summed E-state index contributed by atoms with van der Waals surface area (Å²) >= 11 is 0. The van der Waals surface area contributed by atoms with Crippen molar-refractivity contribution in [2.24, 2.45) is 16.7 Å². The zero-order chi connectivity index (χ0) is 18.9. The predicted octanol–water partition coefficient (Wildman–Crippen LogP) is 3.84. The lowest BCUT2D eigenvalue weighted by Crippen LogP contribution is -2.62. The first-order chi connectivity index (χ1) is 12.2. The summed E-state index contributed by atoms with van der Waals surface area (Å²) in [6.45, 7) is 11.2. The normalized spacial score (nSPS) is 42.4. The highest BCUT2D eigenvalue weighted by Gasteiger charge is 2.64. The van der Waals surface area contributed by atoms with Crippen LogP contribution in [0, 0.1) is 16.7 Å². The molecule has 2 saturated carbocycles. The minimum absolute atomic E-state index is 0.0905. The monoisotopic (exact) mass is 355 g/mol. The standard InChI is InChI=1S/C22H29NO3/c1-13-7-6-8-17-20(13,2)9-10-22(4)21(17,3)12-14-18(25)15(23-5)11-16(24)19(14)26-22/h11,17,23H,1,6-10,12H2,2-5H3/t17-,20-,21+,22-/m1/s1. The van der Waals surface area contributed by atoms with E-state index in [2.05, 4.69) is 32.7 Å². The zero-order valence-electron chi connectivity index (χ0n) is 16.3. The SMILES string of the molecule is C=C1CCC[C@H]2[C@]3(C)CC4=C(O[C@]3(C)CC[C@]12C)C(=O)C=C(NC)C4=O. The summed E-state index contributed by atoms with van der Waals surface area (Å²) in [6.07, 6.45) is 7.27. The Morgan fingerprint density at radius 2 is 1.96 bits per heavy atom. The first-order valence-electron chi connectivity index (χ1n) is 9.75. The summed E-state index contributed by atoms with van der Waals surface area (Å²) < 4.78 is 6.40. The van der Waals surface area contributed by atoms with Gasteiger partial charge < -0.3 is 10.1 Å². The third kappa shape index (κ3) is 2.02. The Bertz CT molecular complexity index is 791. The van der Waals surface area contributed by atoms with E-state index in [4.69, 9.17) is 4.74 Å². The van der Waals surface area contributed by atoms with Crippen molar-refractivity contribution in [2.45, 2.75) is 64.9 Å². The molecule has 1 aliphatic heterocycles. The molecular formula is C22H29NO3. The van der Waals surface area contributed by atoms with Crippen LogP contribution >= 0.6 is 0 Å². The van der Waals surface area contributed by atoms with Crippen LogP contribution in [-0.4, -0.2) is 24.2 Å². The predicted molar refractivity (Wildman–Crippen MR) is 100 cm³/mol. The van der Waals surface area contributed by atoms with E-state index < -0.39 is 5.60 Å². The topological polar surface area (TPSA) is 55.4 Å². The molecule has 1 heterocycles. The van der Waals surface area contributed by atoms with E-state index in [0.717, 1.165) is 32.1 Å². The number of hydrogen-bond donors (Lipinski definition) is 1. The lowest BCUT2D eigenvalue weighted by atomic mass is 9.44. The quantitative estimate of drug-likeness (QED) is 0.574. The Labute approximate surface area is 155 Å². The number of nitrogens with one attached hydrogen (secondary N) is 1. The van der Waals surface area contributed by atoms with Gasteiger partial charge in [0, 0.05) is 24.1 Å². The van der Waals surface area contributed by atoms with E-state index in [0.29, 0.717) is 23.6 Å². The Hall–Kier alpha value is -1.84. The lowest BCUT2D eigenvalue weighted by molar-refractivity contribution is -0.191. The molecule has 0 amide bonds. The molecule has 4 heteroatoms. The van der Waals surface area contributed by atoms with Gasteiger partial charge in [-0.1, -0.05) is 26.0 Å². The van der Waals surface area contributed by atoms with Crippen LogP contribution in [0.25, 0.3) is 0 Å². The van der Waals surface area contributed by atoms with Crippen LogP contribution < -0.4 is 5.32 Å². The van der Waals surface area contributed by atoms with Gasteiger partial charge in [-0.25, -0.2) is 0 Å². The van der Waals surface area contributed by atoms with Gasteiger partial charge in [0.15, 0.2) is 5.76 Å². The van der Waals surface area contributed by atoms with Gasteiger partial charge in [0.05, 0.1) is 5.70 Å². The maximum absolute atomic E-state index is 12.9. The van der Waals surface area contributed by atoms with Gasteiger partial charge in [0.1, 0.15) is 5.60 Å². The molecule has 0 radical (unpaired) electrons. The van der Waals surface area contributed by atoms with Crippen LogP contribution in [0.2, 0.25) is 0 Å². The Balaban J connectivity index is 1.82. The van der Waals surface area contributed by atoms with Gasteiger partial charge in [-0.3, -0.25) is 9.59 Å². The molecule has 3 aliphatic carbocycles. The summed E-state index contributed by atoms with van der Waals surface area (Å²) in [5.74, 6) is 0.420. The average molecular weight is 355 g/mol. The van der Waals surface area contributed by atoms with Crippen LogP contribution in [-0.2, 0) is 14.3 Å². The molecule has 1 N–H and O–H groups in total. The summed E-state index contributed by atoms with van der Waals surface area (Å²) in [5.41, 5.74) is 1.76. The van der Waals surface area contributed by atoms with Crippen LogP contribution in [0.5, 0.6) is 0 Å². The molecule has 0 aromatic heterocycles. The molecule has 4 nitrogen and oxygen atoms in total. The van der Waals surface area contributed by atoms with Crippen molar-refractivity contribution in [1.82, 2.24) is 5.32 Å². The Kier molecular flexibility index (Phi) is 3.61. The molecule has 140 valence electrons. The number of fused-ring (bicyclic) bond motifs is 3. The first kappa shape index (κ1) is 17.6. The molecule has 0 aromatic carbocycles. The Morgan fingerprint density at radius 3 is 2.65 bits per heavy atom. The fourth-order valence-electron chi connectivity index (χ4n) is 6.10. The molecule has 26 heavy (non-hydrogen) atoms. The molecule has 0 spiro atoms. The third-order valence-electron chi connectivity index (χ3n) is 8.08. The number of rotatable bonds is 1. The maximum Gasteiger partial charge on any atom is 0.223 e. The lowest BCUT2D eigenvalue weighted by Gasteiger charge is -2.64. The molecule has 2 fully saturated rings. The number of Topliss-reactive ketones (excluding diaryl/α,β-unsaturated/α-hetero) is 1. The van der Waals surface area contributed by atoms with Crippen LogP contribution in [0.3, 0.4) is 0 Å². The minimum atomic E-state index is -0.422. The van der Waals surface area contributed by atoms with Gasteiger partial charge in [0.25, 0.3) is 0 Å². The third-order valence-corrected chi connectivity index (χ3v) is 8.08. The number of ether oxygens (including phenoxy) is 1. The number of ketones is 2. The van der Waals surface area contributed by atoms with E-state index in [1.54, 1.807) is 7.05 Å². The smallest absolute Gasteiger partial charge is 0.223 e. The number of likely N-dealkylation sites (N-methyl/N-ethyl adjacent to an activating group) is 1. The fraction of sp³-hybridized carbons (Fsp3) is 0.636. The highest BCUT2D eigenvalue weighted by atomic mass is 16.5. The number of carbonyl (C=O) groups is 2. The van der Waals surface area contributed by atoms with E-state index in [1.165, 1.54) is 11.6 Å². The highest BCUT2D eigenvalue weighted by Crippen LogP contribution is 2.67. The first-order valence-corrected chi connectivity index (χ1v) is 9.75. The fourth-order valence-corrected chi connectivity index (χ4v) is 6.10. The largest absolute Gasteiger partial charge is 0.482 e. The van der Waals surface area contributed by atoms with Gasteiger partial charge in [-0.05, 0) is 56.8 Å². The van der Waals surface area contributed by atoms with E-state index in [9.17, 15) is 9.59 Å². The van der Waals surface area contributed by atoms with Crippen molar-refractivity contribution in [3.8, 4) is 0 Å². The van der Waals surface area contributed by atoms with Crippen LogP contribution in [0.1, 0.15) is 59.3 Å². The van der Waals surface area contributed by atoms with Crippen molar-refractivity contribution in [1.29, 1.82) is 0 Å². The molecule has 0 saturated heterocycles. The molecule has 0 aromatic rings. The van der Waals surface area contributed by atoms with E-state index >= 15 is 0 Å². The molecule has 0 unspecified atom stereocenters. The van der Waals surface area contributed by atoms with Gasteiger partial charge in [-0.15, -0.1) is 0 Å². The van der Waals surface area contributed by atoms with Crippen LogP contribution in [0.4, 0.5) is 0 Å². The molecular weight excluding hydrogens is 326 g/mol. The van der Waals surface area contributed by atoms with Crippen molar-refractivity contribution in [3.05, 3.63) is 35.3 Å². The van der Waals surface area contributed by atoms with Crippen LogP contribution in [0.15, 0.2) is 35.3 Å². The Morgan fingerprint density at radius 1 is 1.23 bits per heavy atom. The van der Waals surface area contributed by atoms with Crippen molar-refractivity contribution >= 4 is 11.6 Å². The van der Waals surface area contributed by atoms with Crippen molar-refractivity contribution < 1.29 is 14.3 Å². The number of carbonyl (C=O) groups excluding carboxylic acids is 2. The molecule has 4 rings (SSSR count). The van der Waals surface area contributed by atoms with Gasteiger partial charge >= 0.3 is 0 Å². The molecule has 4 atom stereocenters. The van der Waals surface area contributed by atoms with Gasteiger partial charge in [0.2, 0.25) is 11.6 Å². The zero-order valence-corrected chi connectivity index (χ0v) is 16.3. The summed E-state index contributed by atoms with van der Waals surface area (Å²) in [5, 5.41) is 2.87. The second-order valence-electron chi connectivity index (χ2n) is 9.20. The van der Waals surface area contributed by atoms with E-state index in [-0.39, 0.29) is 28.2 Å². The van der Waals surface area contributed by atoms with Gasteiger partial charge in [-0.2, -0.15) is 0 Å². The second kappa shape index (κ2) is 5.34.